The summed E-state index contributed by atoms with van der Waals surface area (Å²) in [7, 11) is 0. The Labute approximate surface area is 115 Å². The Hall–Kier alpha value is -2.20. The zero-order valence-electron chi connectivity index (χ0n) is 10.4. The molecule has 2 aromatic heterocycles. The summed E-state index contributed by atoms with van der Waals surface area (Å²) in [6.45, 7) is 2.03. The van der Waals surface area contributed by atoms with E-state index in [0.717, 1.165) is 28.1 Å². The van der Waals surface area contributed by atoms with E-state index in [9.17, 15) is 4.79 Å². The van der Waals surface area contributed by atoms with E-state index in [0.29, 0.717) is 5.56 Å². The number of rotatable bonds is 3. The maximum Gasteiger partial charge on any atom is 0.153 e. The van der Waals surface area contributed by atoms with Crippen molar-refractivity contribution in [2.24, 2.45) is 0 Å². The predicted molar refractivity (Wildman–Crippen MR) is 77.0 cm³/mol. The second kappa shape index (κ2) is 4.82. The highest BCUT2D eigenvalue weighted by atomic mass is 32.1. The minimum Gasteiger partial charge on any atom is -0.298 e. The van der Waals surface area contributed by atoms with Crippen molar-refractivity contribution in [2.45, 2.75) is 6.92 Å². The predicted octanol–water partition coefficient (Wildman–Crippen LogP) is 3.72. The molecule has 19 heavy (non-hydrogen) atoms. The lowest BCUT2D eigenvalue weighted by atomic mass is 10.2. The number of thiophene rings is 1. The highest BCUT2D eigenvalue weighted by Crippen LogP contribution is 2.27. The van der Waals surface area contributed by atoms with Gasteiger partial charge in [0.05, 0.1) is 16.1 Å². The third-order valence-corrected chi connectivity index (χ3v) is 3.86. The third kappa shape index (κ3) is 2.11. The molecule has 0 amide bonds. The maximum absolute atomic E-state index is 11.2. The molecule has 0 saturated heterocycles. The number of aromatic nitrogens is 2. The standard InChI is InChI=1S/C15H12N2OS/c1-11-5-2-3-6-13(11)17-9-12(10-18)15(16-17)14-7-4-8-19-14/h2-10H,1H3. The first-order valence-corrected chi connectivity index (χ1v) is 6.82. The molecule has 0 aliphatic rings. The van der Waals surface area contributed by atoms with Crippen LogP contribution in [0.25, 0.3) is 16.3 Å². The molecule has 0 saturated carbocycles. The number of benzene rings is 1. The quantitative estimate of drug-likeness (QED) is 0.678. The Morgan fingerprint density at radius 2 is 2.05 bits per heavy atom. The minimum atomic E-state index is 0.616. The van der Waals surface area contributed by atoms with Crippen molar-refractivity contribution in [1.82, 2.24) is 9.78 Å². The molecule has 3 nitrogen and oxygen atoms in total. The zero-order chi connectivity index (χ0) is 13.2. The molecule has 0 bridgehead atoms. The Balaban J connectivity index is 2.15. The van der Waals surface area contributed by atoms with E-state index in [1.165, 1.54) is 0 Å². The van der Waals surface area contributed by atoms with Gasteiger partial charge in [0.2, 0.25) is 0 Å². The van der Waals surface area contributed by atoms with E-state index in [1.807, 2.05) is 48.7 Å². The van der Waals surface area contributed by atoms with Crippen LogP contribution < -0.4 is 0 Å². The Morgan fingerprint density at radius 3 is 2.74 bits per heavy atom. The molecular weight excluding hydrogens is 256 g/mol. The van der Waals surface area contributed by atoms with Crippen LogP contribution in [0, 0.1) is 6.92 Å². The molecule has 0 aliphatic carbocycles. The van der Waals surface area contributed by atoms with Gasteiger partial charge in [0.15, 0.2) is 6.29 Å². The first-order chi connectivity index (χ1) is 9.29. The van der Waals surface area contributed by atoms with Gasteiger partial charge in [-0.3, -0.25) is 4.79 Å². The van der Waals surface area contributed by atoms with E-state index in [1.54, 1.807) is 22.2 Å². The summed E-state index contributed by atoms with van der Waals surface area (Å²) in [6, 6.07) is 11.9. The lowest BCUT2D eigenvalue weighted by Crippen LogP contribution is -1.97. The summed E-state index contributed by atoms with van der Waals surface area (Å²) in [6.07, 6.45) is 2.64. The van der Waals surface area contributed by atoms with Gasteiger partial charge in [0.1, 0.15) is 5.69 Å². The Morgan fingerprint density at radius 1 is 1.21 bits per heavy atom. The number of aldehydes is 1. The van der Waals surface area contributed by atoms with Crippen LogP contribution in [0.1, 0.15) is 15.9 Å². The highest BCUT2D eigenvalue weighted by Gasteiger charge is 2.13. The number of aryl methyl sites for hydroxylation is 1. The summed E-state index contributed by atoms with van der Waals surface area (Å²) < 4.78 is 1.77. The van der Waals surface area contributed by atoms with Crippen LogP contribution in [0.15, 0.2) is 48.0 Å². The fourth-order valence-corrected chi connectivity index (χ4v) is 2.75. The zero-order valence-corrected chi connectivity index (χ0v) is 11.2. The van der Waals surface area contributed by atoms with Gasteiger partial charge in [0.25, 0.3) is 0 Å². The molecule has 0 unspecified atom stereocenters. The highest BCUT2D eigenvalue weighted by molar-refractivity contribution is 7.13. The average Bonchev–Trinajstić information content (AvgIpc) is 3.08. The van der Waals surface area contributed by atoms with Gasteiger partial charge >= 0.3 is 0 Å². The Kier molecular flexibility index (Phi) is 3.01. The molecule has 2 heterocycles. The van der Waals surface area contributed by atoms with Gasteiger partial charge in [-0.15, -0.1) is 11.3 Å². The minimum absolute atomic E-state index is 0.616. The van der Waals surface area contributed by atoms with Crippen LogP contribution in [-0.2, 0) is 0 Å². The largest absolute Gasteiger partial charge is 0.298 e. The monoisotopic (exact) mass is 268 g/mol. The van der Waals surface area contributed by atoms with Crippen LogP contribution in [0.3, 0.4) is 0 Å². The summed E-state index contributed by atoms with van der Waals surface area (Å²) in [5.74, 6) is 0. The lowest BCUT2D eigenvalue weighted by molar-refractivity contribution is 0.112. The van der Waals surface area contributed by atoms with Crippen LogP contribution in [0.2, 0.25) is 0 Å². The van der Waals surface area contributed by atoms with Crippen molar-refractivity contribution in [2.75, 3.05) is 0 Å². The second-order valence-electron chi connectivity index (χ2n) is 4.26. The van der Waals surface area contributed by atoms with Crippen LogP contribution >= 0.6 is 11.3 Å². The van der Waals surface area contributed by atoms with Gasteiger partial charge in [-0.2, -0.15) is 5.10 Å². The van der Waals surface area contributed by atoms with E-state index in [2.05, 4.69) is 5.10 Å². The number of nitrogens with zero attached hydrogens (tertiary/aromatic N) is 2. The first-order valence-electron chi connectivity index (χ1n) is 5.94. The molecule has 0 aliphatic heterocycles. The maximum atomic E-state index is 11.2. The molecular formula is C15H12N2OS. The normalized spacial score (nSPS) is 10.6. The average molecular weight is 268 g/mol. The summed E-state index contributed by atoms with van der Waals surface area (Å²) in [5, 5.41) is 6.53. The molecule has 4 heteroatoms. The second-order valence-corrected chi connectivity index (χ2v) is 5.21. The van der Waals surface area contributed by atoms with E-state index < -0.39 is 0 Å². The number of para-hydroxylation sites is 1. The molecule has 0 spiro atoms. The molecule has 3 rings (SSSR count). The van der Waals surface area contributed by atoms with E-state index in [4.69, 9.17) is 0 Å². The molecule has 0 fully saturated rings. The number of carbonyl (C=O) groups excluding carboxylic acids is 1. The van der Waals surface area contributed by atoms with Crippen LogP contribution in [0.4, 0.5) is 0 Å². The lowest BCUT2D eigenvalue weighted by Gasteiger charge is -2.04. The molecule has 0 atom stereocenters. The van der Waals surface area contributed by atoms with Crippen molar-refractivity contribution in [3.8, 4) is 16.3 Å². The van der Waals surface area contributed by atoms with Crippen molar-refractivity contribution >= 4 is 17.6 Å². The molecule has 3 aromatic rings. The van der Waals surface area contributed by atoms with Gasteiger partial charge in [-0.1, -0.05) is 24.3 Å². The SMILES string of the molecule is Cc1ccccc1-n1cc(C=O)c(-c2cccs2)n1. The Bertz CT molecular complexity index is 714. The molecule has 0 radical (unpaired) electrons. The third-order valence-electron chi connectivity index (χ3n) is 2.99. The molecule has 94 valence electrons. The topological polar surface area (TPSA) is 34.9 Å². The van der Waals surface area contributed by atoms with Gasteiger partial charge in [0, 0.05) is 6.20 Å². The van der Waals surface area contributed by atoms with Gasteiger partial charge < -0.3 is 0 Å². The van der Waals surface area contributed by atoms with Crippen molar-refractivity contribution in [3.05, 3.63) is 59.1 Å². The van der Waals surface area contributed by atoms with Gasteiger partial charge in [-0.05, 0) is 30.0 Å². The van der Waals surface area contributed by atoms with E-state index in [-0.39, 0.29) is 0 Å². The fourth-order valence-electron chi connectivity index (χ4n) is 2.02. The first kappa shape index (κ1) is 11.9. The van der Waals surface area contributed by atoms with Crippen molar-refractivity contribution < 1.29 is 4.79 Å². The van der Waals surface area contributed by atoms with E-state index >= 15 is 0 Å². The van der Waals surface area contributed by atoms with Crippen LogP contribution in [-0.4, -0.2) is 16.1 Å². The number of hydrogen-bond acceptors (Lipinski definition) is 3. The summed E-state index contributed by atoms with van der Waals surface area (Å²) in [5.41, 5.74) is 3.48. The summed E-state index contributed by atoms with van der Waals surface area (Å²) in [4.78, 5) is 12.2. The smallest absolute Gasteiger partial charge is 0.153 e. The number of carbonyl (C=O) groups is 1. The van der Waals surface area contributed by atoms with Crippen molar-refractivity contribution in [3.63, 3.8) is 0 Å². The van der Waals surface area contributed by atoms with Crippen molar-refractivity contribution in [1.29, 1.82) is 0 Å². The number of hydrogen-bond donors (Lipinski definition) is 0. The molecule has 0 N–H and O–H groups in total. The van der Waals surface area contributed by atoms with Gasteiger partial charge in [-0.25, -0.2) is 4.68 Å². The summed E-state index contributed by atoms with van der Waals surface area (Å²) >= 11 is 1.58. The molecule has 1 aromatic carbocycles. The fraction of sp³-hybridized carbons (Fsp3) is 0.0667. The van der Waals surface area contributed by atoms with Crippen LogP contribution in [0.5, 0.6) is 0 Å².